The molecule has 2 heterocycles. The van der Waals surface area contributed by atoms with Gasteiger partial charge < -0.3 is 34.2 Å². The Morgan fingerprint density at radius 3 is 2.43 bits per heavy atom. The second kappa shape index (κ2) is 6.37. The van der Waals surface area contributed by atoms with Crippen molar-refractivity contribution in [2.45, 2.75) is 56.8 Å². The van der Waals surface area contributed by atoms with Crippen LogP contribution < -0.4 is 5.73 Å². The average Bonchev–Trinajstić information content (AvgIpc) is 2.73. The molecule has 0 aromatic heterocycles. The van der Waals surface area contributed by atoms with Crippen LogP contribution in [0.5, 0.6) is 0 Å². The highest BCUT2D eigenvalue weighted by Gasteiger charge is 2.67. The van der Waals surface area contributed by atoms with Gasteiger partial charge in [-0.15, -0.1) is 0 Å². The molecule has 1 spiro atoms. The Kier molecular flexibility index (Phi) is 5.03. The summed E-state index contributed by atoms with van der Waals surface area (Å²) in [5.41, 5.74) is 5.50. The smallest absolute Gasteiger partial charge is 0.252 e. The van der Waals surface area contributed by atoms with Crippen molar-refractivity contribution in [2.75, 3.05) is 20.8 Å². The predicted molar refractivity (Wildman–Crippen MR) is 79.2 cm³/mol. The van der Waals surface area contributed by atoms with Gasteiger partial charge in [0.1, 0.15) is 12.2 Å². The van der Waals surface area contributed by atoms with E-state index >= 15 is 0 Å². The Balaban J connectivity index is 2.47. The molecule has 0 aliphatic carbocycles. The minimum absolute atomic E-state index is 0.133. The molecule has 0 saturated carbocycles. The third-order valence-corrected chi connectivity index (χ3v) is 3.87. The van der Waals surface area contributed by atoms with Gasteiger partial charge in [-0.25, -0.2) is 0 Å². The maximum Gasteiger partial charge on any atom is 0.252 e. The van der Waals surface area contributed by atoms with Crippen LogP contribution in [-0.4, -0.2) is 62.7 Å². The van der Waals surface area contributed by atoms with Gasteiger partial charge in [-0.2, -0.15) is 0 Å². The lowest BCUT2D eigenvalue weighted by Gasteiger charge is -2.47. The number of allylic oxidation sites excluding steroid dienone is 1. The molecule has 2 rings (SSSR count). The molecule has 5 atom stereocenters. The van der Waals surface area contributed by atoms with E-state index in [9.17, 15) is 4.79 Å². The van der Waals surface area contributed by atoms with Crippen molar-refractivity contribution in [3.63, 3.8) is 0 Å². The van der Waals surface area contributed by atoms with E-state index in [2.05, 4.69) is 6.58 Å². The fourth-order valence-corrected chi connectivity index (χ4v) is 3.05. The van der Waals surface area contributed by atoms with E-state index in [1.165, 1.54) is 14.2 Å². The molecule has 0 bridgehead atoms. The number of methoxy groups -OCH3 is 2. The lowest BCUT2D eigenvalue weighted by atomic mass is 9.91. The molecule has 2 saturated heterocycles. The highest BCUT2D eigenvalue weighted by molar-refractivity contribution is 5.80. The van der Waals surface area contributed by atoms with E-state index in [0.29, 0.717) is 5.76 Å². The van der Waals surface area contributed by atoms with Gasteiger partial charge in [-0.05, 0) is 20.8 Å². The van der Waals surface area contributed by atoms with E-state index in [0.717, 1.165) is 0 Å². The van der Waals surface area contributed by atoms with Crippen LogP contribution in [0.3, 0.4) is 0 Å². The lowest BCUT2D eigenvalue weighted by molar-refractivity contribution is -0.348. The number of carbonyl (C=O) groups excluding carboxylic acids is 1. The predicted octanol–water partition coefficient (Wildman–Crippen LogP) is 0.299. The molecule has 1 unspecified atom stereocenters. The van der Waals surface area contributed by atoms with Gasteiger partial charge in [0.25, 0.3) is 5.91 Å². The van der Waals surface area contributed by atoms with Gasteiger partial charge in [-0.1, -0.05) is 6.58 Å². The summed E-state index contributed by atoms with van der Waals surface area (Å²) in [4.78, 5) is 11.9. The van der Waals surface area contributed by atoms with E-state index in [-0.39, 0.29) is 6.61 Å². The quantitative estimate of drug-likeness (QED) is 0.723. The highest BCUT2D eigenvalue weighted by Crippen LogP contribution is 2.45. The zero-order valence-corrected chi connectivity index (χ0v) is 14.2. The second-order valence-corrected chi connectivity index (χ2v) is 6.15. The number of primary amides is 1. The van der Waals surface area contributed by atoms with Crippen molar-refractivity contribution in [1.29, 1.82) is 0 Å². The van der Waals surface area contributed by atoms with Gasteiger partial charge in [-0.3, -0.25) is 4.79 Å². The SMILES string of the molecule is C=C(C)O[C@@H]1[C@H](OC)[C@H](OC)CO[C@@]12OC(C)(C)OC2C(N)=O. The van der Waals surface area contributed by atoms with E-state index in [4.69, 9.17) is 34.2 Å². The zero-order valence-electron chi connectivity index (χ0n) is 14.2. The number of hydrogen-bond acceptors (Lipinski definition) is 7. The van der Waals surface area contributed by atoms with Crippen molar-refractivity contribution in [2.24, 2.45) is 5.73 Å². The van der Waals surface area contributed by atoms with Crippen LogP contribution in [0.15, 0.2) is 12.3 Å². The number of amides is 1. The van der Waals surface area contributed by atoms with Gasteiger partial charge in [0.2, 0.25) is 5.79 Å². The fourth-order valence-electron chi connectivity index (χ4n) is 3.05. The largest absolute Gasteiger partial charge is 0.487 e. The third-order valence-electron chi connectivity index (χ3n) is 3.87. The summed E-state index contributed by atoms with van der Waals surface area (Å²) in [6.07, 6.45) is -2.97. The minimum atomic E-state index is -1.54. The molecule has 132 valence electrons. The topological polar surface area (TPSA) is 98.5 Å². The number of hydrogen-bond donors (Lipinski definition) is 1. The number of ether oxygens (including phenoxy) is 6. The first-order valence-electron chi connectivity index (χ1n) is 7.36. The molecule has 2 aliphatic heterocycles. The maximum atomic E-state index is 11.9. The summed E-state index contributed by atoms with van der Waals surface area (Å²) >= 11 is 0. The van der Waals surface area contributed by atoms with Crippen LogP contribution in [0.25, 0.3) is 0 Å². The third kappa shape index (κ3) is 3.22. The van der Waals surface area contributed by atoms with Crippen molar-refractivity contribution >= 4 is 5.91 Å². The Morgan fingerprint density at radius 2 is 1.96 bits per heavy atom. The molecule has 2 N–H and O–H groups in total. The number of nitrogens with two attached hydrogens (primary N) is 1. The number of carbonyl (C=O) groups is 1. The molecule has 1 amide bonds. The first kappa shape index (κ1) is 18.2. The summed E-state index contributed by atoms with van der Waals surface area (Å²) in [7, 11) is 3.06. The Morgan fingerprint density at radius 1 is 1.30 bits per heavy atom. The van der Waals surface area contributed by atoms with E-state index in [1.807, 2.05) is 0 Å². The Bertz CT molecular complexity index is 480. The summed E-state index contributed by atoms with van der Waals surface area (Å²) in [5.74, 6) is -2.91. The first-order valence-corrected chi connectivity index (χ1v) is 7.36. The Hall–Kier alpha value is -1.19. The van der Waals surface area contributed by atoms with Gasteiger partial charge >= 0.3 is 0 Å². The molecule has 2 aliphatic rings. The Labute approximate surface area is 135 Å². The standard InChI is InChI=1S/C15H25NO7/c1-8(2)21-11-10(19-6)9(18-5)7-20-15(11)12(13(16)17)22-14(3,4)23-15/h9-12H,1,7H2,2-6H3,(H2,16,17)/t9-,10-,11-,12?,15-/m1/s1. The van der Waals surface area contributed by atoms with Gasteiger partial charge in [0.05, 0.1) is 12.4 Å². The summed E-state index contributed by atoms with van der Waals surface area (Å²) in [5, 5.41) is 0. The zero-order chi connectivity index (χ0) is 17.4. The molecular weight excluding hydrogens is 306 g/mol. The molecule has 0 radical (unpaired) electrons. The van der Waals surface area contributed by atoms with Crippen LogP contribution >= 0.6 is 0 Å². The molecule has 23 heavy (non-hydrogen) atoms. The van der Waals surface area contributed by atoms with Crippen molar-refractivity contribution in [1.82, 2.24) is 0 Å². The highest BCUT2D eigenvalue weighted by atomic mass is 16.9. The van der Waals surface area contributed by atoms with Crippen LogP contribution in [0, 0.1) is 0 Å². The summed E-state index contributed by atoms with van der Waals surface area (Å²) < 4.78 is 34.2. The lowest BCUT2D eigenvalue weighted by Crippen LogP contribution is -2.68. The monoisotopic (exact) mass is 331 g/mol. The first-order chi connectivity index (χ1) is 10.7. The van der Waals surface area contributed by atoms with Crippen LogP contribution in [0.1, 0.15) is 20.8 Å². The van der Waals surface area contributed by atoms with Gasteiger partial charge in [0.15, 0.2) is 18.0 Å². The number of rotatable bonds is 5. The second-order valence-electron chi connectivity index (χ2n) is 6.15. The maximum absolute atomic E-state index is 11.9. The fraction of sp³-hybridized carbons (Fsp3) is 0.800. The van der Waals surface area contributed by atoms with Crippen LogP contribution in [0.4, 0.5) is 0 Å². The van der Waals surface area contributed by atoms with Crippen molar-refractivity contribution in [3.8, 4) is 0 Å². The summed E-state index contributed by atoms with van der Waals surface area (Å²) in [6, 6.07) is 0. The summed E-state index contributed by atoms with van der Waals surface area (Å²) in [6.45, 7) is 8.89. The van der Waals surface area contributed by atoms with E-state index in [1.54, 1.807) is 20.8 Å². The van der Waals surface area contributed by atoms with Crippen molar-refractivity contribution in [3.05, 3.63) is 12.3 Å². The van der Waals surface area contributed by atoms with Crippen molar-refractivity contribution < 1.29 is 33.2 Å². The van der Waals surface area contributed by atoms with E-state index < -0.39 is 41.9 Å². The average molecular weight is 331 g/mol. The molecule has 0 aromatic carbocycles. The molecular formula is C15H25NO7. The molecule has 8 heteroatoms. The van der Waals surface area contributed by atoms with Gasteiger partial charge in [0, 0.05) is 14.2 Å². The molecule has 0 aromatic rings. The molecule has 8 nitrogen and oxygen atoms in total. The van der Waals surface area contributed by atoms with Crippen LogP contribution in [-0.2, 0) is 33.2 Å². The normalized spacial score (nSPS) is 39.3. The molecule has 2 fully saturated rings. The minimum Gasteiger partial charge on any atom is -0.487 e. The van der Waals surface area contributed by atoms with Crippen LogP contribution in [0.2, 0.25) is 0 Å².